The van der Waals surface area contributed by atoms with Gasteiger partial charge in [-0.15, -0.1) is 10.2 Å². The van der Waals surface area contributed by atoms with E-state index < -0.39 is 12.0 Å². The molecule has 4 rings (SSSR count). The lowest BCUT2D eigenvalue weighted by Gasteiger charge is -2.14. The zero-order chi connectivity index (χ0) is 22.7. The van der Waals surface area contributed by atoms with Crippen LogP contribution in [0.3, 0.4) is 0 Å². The zero-order valence-electron chi connectivity index (χ0n) is 17.7. The number of rotatable bonds is 8. The monoisotopic (exact) mass is 449 g/mol. The first kappa shape index (κ1) is 21.6. The number of fused-ring (bicyclic) bond motifs is 1. The van der Waals surface area contributed by atoms with Gasteiger partial charge in [-0.3, -0.25) is 9.36 Å². The Morgan fingerprint density at radius 2 is 1.88 bits per heavy atom. The second-order valence-electron chi connectivity index (χ2n) is 7.46. The quantitative estimate of drug-likeness (QED) is 0.356. The molecule has 0 aliphatic rings. The molecule has 8 nitrogen and oxygen atoms in total. The zero-order valence-corrected chi connectivity index (χ0v) is 18.5. The van der Waals surface area contributed by atoms with Gasteiger partial charge in [-0.25, -0.2) is 4.79 Å². The number of aromatic nitrogens is 4. The summed E-state index contributed by atoms with van der Waals surface area (Å²) in [5.41, 5.74) is 3.78. The van der Waals surface area contributed by atoms with E-state index in [2.05, 4.69) is 20.5 Å². The standard InChI is InChI=1S/C23H23N5O3S/c1-14-7-3-6-10-20(14)28-15(2)26-27-23(28)32-13-21(29)25-19(22(30)31)11-16-12-24-18-9-5-4-8-17(16)18/h3-10,12,19,24H,11,13H2,1-2H3,(H,25,29)(H,30,31). The molecule has 164 valence electrons. The topological polar surface area (TPSA) is 113 Å². The van der Waals surface area contributed by atoms with Crippen LogP contribution < -0.4 is 5.32 Å². The fourth-order valence-corrected chi connectivity index (χ4v) is 4.42. The molecular weight excluding hydrogens is 426 g/mol. The first-order valence-electron chi connectivity index (χ1n) is 10.1. The van der Waals surface area contributed by atoms with Crippen molar-refractivity contribution in [2.24, 2.45) is 0 Å². The molecule has 0 saturated carbocycles. The Bertz CT molecular complexity index is 1280. The summed E-state index contributed by atoms with van der Waals surface area (Å²) in [5, 5.41) is 22.1. The van der Waals surface area contributed by atoms with E-state index in [1.54, 1.807) is 6.20 Å². The average Bonchev–Trinajstić information content (AvgIpc) is 3.35. The molecule has 3 N–H and O–H groups in total. The van der Waals surface area contributed by atoms with E-state index in [9.17, 15) is 14.7 Å². The highest BCUT2D eigenvalue weighted by Crippen LogP contribution is 2.24. The van der Waals surface area contributed by atoms with Crippen molar-refractivity contribution in [3.63, 3.8) is 0 Å². The molecule has 2 heterocycles. The van der Waals surface area contributed by atoms with Crippen molar-refractivity contribution >= 4 is 34.5 Å². The number of aliphatic carboxylic acids is 1. The number of aryl methyl sites for hydroxylation is 2. The smallest absolute Gasteiger partial charge is 0.326 e. The minimum atomic E-state index is -1.08. The average molecular weight is 450 g/mol. The fourth-order valence-electron chi connectivity index (χ4n) is 3.61. The van der Waals surface area contributed by atoms with Crippen LogP contribution in [0.15, 0.2) is 59.9 Å². The molecule has 1 atom stereocenters. The summed E-state index contributed by atoms with van der Waals surface area (Å²) in [6.07, 6.45) is 1.98. The first-order chi connectivity index (χ1) is 15.4. The number of para-hydroxylation sites is 2. The fraction of sp³-hybridized carbons (Fsp3) is 0.217. The van der Waals surface area contributed by atoms with Gasteiger partial charge in [0.25, 0.3) is 0 Å². The molecule has 1 unspecified atom stereocenters. The molecule has 0 bridgehead atoms. The van der Waals surface area contributed by atoms with Gasteiger partial charge in [-0.1, -0.05) is 48.2 Å². The molecule has 0 aliphatic carbocycles. The summed E-state index contributed by atoms with van der Waals surface area (Å²) >= 11 is 1.22. The second-order valence-corrected chi connectivity index (χ2v) is 8.40. The highest BCUT2D eigenvalue weighted by molar-refractivity contribution is 7.99. The number of hydrogen-bond donors (Lipinski definition) is 3. The van der Waals surface area contributed by atoms with Gasteiger partial charge < -0.3 is 15.4 Å². The van der Waals surface area contributed by atoms with Crippen LogP contribution >= 0.6 is 11.8 Å². The van der Waals surface area contributed by atoms with Crippen molar-refractivity contribution in [1.82, 2.24) is 25.1 Å². The Morgan fingerprint density at radius 1 is 1.12 bits per heavy atom. The number of thioether (sulfide) groups is 1. The number of amides is 1. The molecule has 32 heavy (non-hydrogen) atoms. The molecule has 0 radical (unpaired) electrons. The Kier molecular flexibility index (Phi) is 6.27. The Hall–Kier alpha value is -3.59. The molecule has 2 aromatic heterocycles. The third kappa shape index (κ3) is 4.52. The lowest BCUT2D eigenvalue weighted by molar-refractivity contribution is -0.141. The van der Waals surface area contributed by atoms with E-state index in [0.29, 0.717) is 11.0 Å². The van der Waals surface area contributed by atoms with Gasteiger partial charge in [0, 0.05) is 23.5 Å². The van der Waals surface area contributed by atoms with Crippen molar-refractivity contribution in [1.29, 1.82) is 0 Å². The summed E-state index contributed by atoms with van der Waals surface area (Å²) in [6, 6.07) is 14.5. The Morgan fingerprint density at radius 3 is 2.66 bits per heavy atom. The van der Waals surface area contributed by atoms with Crippen LogP contribution in [0.2, 0.25) is 0 Å². The number of carbonyl (C=O) groups is 2. The summed E-state index contributed by atoms with van der Waals surface area (Å²) in [6.45, 7) is 3.85. The lowest BCUT2D eigenvalue weighted by Crippen LogP contribution is -2.43. The number of carboxylic acid groups (broad SMARTS) is 1. The van der Waals surface area contributed by atoms with Gasteiger partial charge in [-0.05, 0) is 37.1 Å². The summed E-state index contributed by atoms with van der Waals surface area (Å²) in [4.78, 5) is 27.5. The maximum absolute atomic E-state index is 12.6. The van der Waals surface area contributed by atoms with E-state index in [1.807, 2.05) is 66.9 Å². The van der Waals surface area contributed by atoms with Crippen molar-refractivity contribution < 1.29 is 14.7 Å². The maximum atomic E-state index is 12.6. The molecule has 0 saturated heterocycles. The molecule has 0 spiro atoms. The van der Waals surface area contributed by atoms with Gasteiger partial charge in [0.2, 0.25) is 5.91 Å². The predicted molar refractivity (Wildman–Crippen MR) is 123 cm³/mol. The second kappa shape index (κ2) is 9.27. The van der Waals surface area contributed by atoms with Crippen LogP contribution in [0, 0.1) is 13.8 Å². The van der Waals surface area contributed by atoms with Crippen molar-refractivity contribution in [3.05, 3.63) is 71.7 Å². The van der Waals surface area contributed by atoms with Crippen LogP contribution in [0.1, 0.15) is 17.0 Å². The van der Waals surface area contributed by atoms with Crippen molar-refractivity contribution in [3.8, 4) is 5.69 Å². The minimum absolute atomic E-state index is 0.0294. The van der Waals surface area contributed by atoms with Crippen LogP contribution in [0.25, 0.3) is 16.6 Å². The van der Waals surface area contributed by atoms with E-state index in [1.165, 1.54) is 11.8 Å². The number of nitrogens with one attached hydrogen (secondary N) is 2. The lowest BCUT2D eigenvalue weighted by atomic mass is 10.1. The number of carbonyl (C=O) groups excluding carboxylic acids is 1. The van der Waals surface area contributed by atoms with Crippen molar-refractivity contribution in [2.45, 2.75) is 31.5 Å². The summed E-state index contributed by atoms with van der Waals surface area (Å²) < 4.78 is 1.90. The number of aromatic amines is 1. The number of H-pyrrole nitrogens is 1. The normalized spacial score (nSPS) is 12.1. The highest BCUT2D eigenvalue weighted by atomic mass is 32.2. The molecule has 9 heteroatoms. The van der Waals surface area contributed by atoms with Crippen LogP contribution in [-0.2, 0) is 16.0 Å². The number of carboxylic acids is 1. The SMILES string of the molecule is Cc1ccccc1-n1c(C)nnc1SCC(=O)NC(Cc1c[nH]c2ccccc12)C(=O)O. The maximum Gasteiger partial charge on any atom is 0.326 e. The van der Waals surface area contributed by atoms with Crippen LogP contribution in [0.4, 0.5) is 0 Å². The predicted octanol–water partition coefficient (Wildman–Crippen LogP) is 3.27. The molecule has 0 fully saturated rings. The Labute approximate surface area is 189 Å². The van der Waals surface area contributed by atoms with Crippen LogP contribution in [0.5, 0.6) is 0 Å². The third-order valence-electron chi connectivity index (χ3n) is 5.22. The molecular formula is C23H23N5O3S. The van der Waals surface area contributed by atoms with Crippen LogP contribution in [-0.4, -0.2) is 48.5 Å². The van der Waals surface area contributed by atoms with Gasteiger partial charge >= 0.3 is 5.97 Å². The van der Waals surface area contributed by atoms with E-state index in [-0.39, 0.29) is 18.1 Å². The van der Waals surface area contributed by atoms with E-state index >= 15 is 0 Å². The number of nitrogens with zero attached hydrogens (tertiary/aromatic N) is 3. The largest absolute Gasteiger partial charge is 0.480 e. The highest BCUT2D eigenvalue weighted by Gasteiger charge is 2.23. The molecule has 4 aromatic rings. The molecule has 1 amide bonds. The molecule has 0 aliphatic heterocycles. The van der Waals surface area contributed by atoms with Gasteiger partial charge in [0.1, 0.15) is 11.9 Å². The number of hydrogen-bond acceptors (Lipinski definition) is 5. The van der Waals surface area contributed by atoms with E-state index in [0.717, 1.165) is 27.7 Å². The number of benzene rings is 2. The summed E-state index contributed by atoms with van der Waals surface area (Å²) in [5.74, 6) is -0.710. The minimum Gasteiger partial charge on any atom is -0.480 e. The Balaban J connectivity index is 1.44. The van der Waals surface area contributed by atoms with Gasteiger partial charge in [0.05, 0.1) is 11.4 Å². The van der Waals surface area contributed by atoms with Gasteiger partial charge in [-0.2, -0.15) is 0 Å². The third-order valence-corrected chi connectivity index (χ3v) is 6.15. The van der Waals surface area contributed by atoms with Gasteiger partial charge in [0.15, 0.2) is 5.16 Å². The summed E-state index contributed by atoms with van der Waals surface area (Å²) in [7, 11) is 0. The van der Waals surface area contributed by atoms with E-state index in [4.69, 9.17) is 0 Å². The first-order valence-corrected chi connectivity index (χ1v) is 11.1. The van der Waals surface area contributed by atoms with Crippen molar-refractivity contribution in [2.75, 3.05) is 5.75 Å². The molecule has 2 aromatic carbocycles.